The van der Waals surface area contributed by atoms with Gasteiger partial charge >= 0.3 is 0 Å². The zero-order chi connectivity index (χ0) is 23.5. The van der Waals surface area contributed by atoms with Crippen molar-refractivity contribution in [2.75, 3.05) is 10.6 Å². The zero-order valence-electron chi connectivity index (χ0n) is 18.6. The van der Waals surface area contributed by atoms with Gasteiger partial charge in [0.2, 0.25) is 0 Å². The van der Waals surface area contributed by atoms with E-state index in [-0.39, 0.29) is 5.82 Å². The molecule has 0 spiro atoms. The molecule has 2 N–H and O–H groups in total. The van der Waals surface area contributed by atoms with E-state index in [0.717, 1.165) is 22.6 Å². The van der Waals surface area contributed by atoms with Crippen LogP contribution in [0.4, 0.5) is 15.9 Å². The largest absolute Gasteiger partial charge is 0.329 e. The maximum absolute atomic E-state index is 13.3. The highest BCUT2D eigenvalue weighted by atomic mass is 35.5. The minimum absolute atomic E-state index is 0.365. The second-order valence-electron chi connectivity index (χ2n) is 7.90. The summed E-state index contributed by atoms with van der Waals surface area (Å²) in [5.74, 6) is 0.226. The average Bonchev–Trinajstić information content (AvgIpc) is 3.31. The number of halogens is 2. The Balaban J connectivity index is 1.40. The SMILES string of the molecule is Cc1ccc(Cn2nc(C)c(NC(=S)Nc3ccn(Cc4ccc(F)cc4Cl)n3)c2C)cc1. The molecule has 0 bridgehead atoms. The molecule has 0 aliphatic heterocycles. The summed E-state index contributed by atoms with van der Waals surface area (Å²) < 4.78 is 16.9. The van der Waals surface area contributed by atoms with Crippen molar-refractivity contribution in [3.05, 3.63) is 93.6 Å². The van der Waals surface area contributed by atoms with Gasteiger partial charge in [-0.3, -0.25) is 9.36 Å². The molecule has 9 heteroatoms. The Labute approximate surface area is 202 Å². The molecule has 0 aliphatic rings. The summed E-state index contributed by atoms with van der Waals surface area (Å²) in [7, 11) is 0. The van der Waals surface area contributed by atoms with Crippen LogP contribution in [0.2, 0.25) is 5.02 Å². The van der Waals surface area contributed by atoms with E-state index in [1.807, 2.05) is 24.6 Å². The standard InChI is InChI=1S/C24H24ClFN6S/c1-15-4-6-18(7-5-15)13-32-17(3)23(16(2)29-32)28-24(33)27-22-10-11-31(30-22)14-19-8-9-20(26)12-21(19)25/h4-12H,13-14H2,1-3H3,(H2,27,28,30,33). The number of aromatic nitrogens is 4. The molecule has 0 atom stereocenters. The number of hydrogen-bond donors (Lipinski definition) is 2. The van der Waals surface area contributed by atoms with Crippen LogP contribution < -0.4 is 10.6 Å². The van der Waals surface area contributed by atoms with Crippen molar-refractivity contribution < 1.29 is 4.39 Å². The molecule has 33 heavy (non-hydrogen) atoms. The number of benzene rings is 2. The van der Waals surface area contributed by atoms with Crippen molar-refractivity contribution in [2.45, 2.75) is 33.9 Å². The van der Waals surface area contributed by atoms with Crippen LogP contribution >= 0.6 is 23.8 Å². The molecule has 170 valence electrons. The van der Waals surface area contributed by atoms with Crippen LogP contribution in [0.5, 0.6) is 0 Å². The average molecular weight is 483 g/mol. The van der Waals surface area contributed by atoms with Gasteiger partial charge < -0.3 is 10.6 Å². The van der Waals surface area contributed by atoms with E-state index in [1.165, 1.54) is 23.3 Å². The highest BCUT2D eigenvalue weighted by molar-refractivity contribution is 7.80. The third kappa shape index (κ3) is 5.58. The van der Waals surface area contributed by atoms with E-state index in [0.29, 0.717) is 29.0 Å². The number of nitrogens with zero attached hydrogens (tertiary/aromatic N) is 4. The van der Waals surface area contributed by atoms with Gasteiger partial charge in [0.1, 0.15) is 5.82 Å². The lowest BCUT2D eigenvalue weighted by molar-refractivity contribution is 0.624. The first kappa shape index (κ1) is 22.9. The number of anilines is 2. The predicted molar refractivity (Wildman–Crippen MR) is 135 cm³/mol. The van der Waals surface area contributed by atoms with Crippen LogP contribution in [0.1, 0.15) is 28.1 Å². The number of aryl methyl sites for hydroxylation is 2. The molecule has 0 saturated heterocycles. The Morgan fingerprint density at radius 2 is 1.76 bits per heavy atom. The summed E-state index contributed by atoms with van der Waals surface area (Å²) in [6.45, 7) is 7.14. The monoisotopic (exact) mass is 482 g/mol. The van der Waals surface area contributed by atoms with Gasteiger partial charge in [-0.25, -0.2) is 4.39 Å². The third-order valence-electron chi connectivity index (χ3n) is 5.30. The Bertz CT molecular complexity index is 1300. The number of nitrogens with one attached hydrogen (secondary N) is 2. The zero-order valence-corrected chi connectivity index (χ0v) is 20.1. The first-order valence-electron chi connectivity index (χ1n) is 10.4. The summed E-state index contributed by atoms with van der Waals surface area (Å²) in [5, 5.41) is 16.3. The number of hydrogen-bond acceptors (Lipinski definition) is 3. The molecule has 0 saturated carbocycles. The van der Waals surface area contributed by atoms with E-state index in [1.54, 1.807) is 16.9 Å². The quantitative estimate of drug-likeness (QED) is 0.345. The van der Waals surface area contributed by atoms with Crippen molar-refractivity contribution in [3.8, 4) is 0 Å². The number of rotatable bonds is 6. The van der Waals surface area contributed by atoms with Gasteiger partial charge in [-0.15, -0.1) is 0 Å². The van der Waals surface area contributed by atoms with Crippen LogP contribution in [0, 0.1) is 26.6 Å². The normalized spacial score (nSPS) is 10.9. The van der Waals surface area contributed by atoms with Crippen LogP contribution in [0.15, 0.2) is 54.7 Å². The summed E-state index contributed by atoms with van der Waals surface area (Å²) in [5.41, 5.74) is 5.92. The molecule has 0 aliphatic carbocycles. The summed E-state index contributed by atoms with van der Waals surface area (Å²) in [6.07, 6.45) is 1.81. The van der Waals surface area contributed by atoms with Gasteiger partial charge in [0.15, 0.2) is 10.9 Å². The Morgan fingerprint density at radius 3 is 2.48 bits per heavy atom. The molecule has 0 fully saturated rings. The topological polar surface area (TPSA) is 59.7 Å². The molecule has 6 nitrogen and oxygen atoms in total. The first-order chi connectivity index (χ1) is 15.8. The Morgan fingerprint density at radius 1 is 1.00 bits per heavy atom. The number of thiocarbonyl (C=S) groups is 1. The molecular formula is C24H24ClFN6S. The predicted octanol–water partition coefficient (Wildman–Crippen LogP) is 5.70. The minimum Gasteiger partial charge on any atom is -0.329 e. The van der Waals surface area contributed by atoms with Crippen molar-refractivity contribution in [2.24, 2.45) is 0 Å². The molecule has 0 radical (unpaired) electrons. The van der Waals surface area contributed by atoms with Gasteiger partial charge in [0.05, 0.1) is 30.2 Å². The van der Waals surface area contributed by atoms with Crippen molar-refractivity contribution in [1.29, 1.82) is 0 Å². The van der Waals surface area contributed by atoms with Crippen LogP contribution in [0.3, 0.4) is 0 Å². The summed E-state index contributed by atoms with van der Waals surface area (Å²) in [6, 6.07) is 14.6. The lowest BCUT2D eigenvalue weighted by atomic mass is 10.1. The molecule has 2 aromatic heterocycles. The fourth-order valence-electron chi connectivity index (χ4n) is 3.50. The fraction of sp³-hybridized carbons (Fsp3) is 0.208. The van der Waals surface area contributed by atoms with Crippen LogP contribution in [-0.4, -0.2) is 24.7 Å². The van der Waals surface area contributed by atoms with E-state index in [2.05, 4.69) is 52.0 Å². The van der Waals surface area contributed by atoms with Crippen LogP contribution in [0.25, 0.3) is 0 Å². The maximum atomic E-state index is 13.3. The van der Waals surface area contributed by atoms with Crippen LogP contribution in [-0.2, 0) is 13.1 Å². The van der Waals surface area contributed by atoms with E-state index < -0.39 is 0 Å². The molecule has 2 aromatic carbocycles. The van der Waals surface area contributed by atoms with E-state index >= 15 is 0 Å². The highest BCUT2D eigenvalue weighted by Crippen LogP contribution is 2.22. The van der Waals surface area contributed by atoms with Gasteiger partial charge in [-0.05, 0) is 56.2 Å². The van der Waals surface area contributed by atoms with Gasteiger partial charge in [0, 0.05) is 17.3 Å². The van der Waals surface area contributed by atoms with Crippen molar-refractivity contribution in [3.63, 3.8) is 0 Å². The van der Waals surface area contributed by atoms with E-state index in [4.69, 9.17) is 23.8 Å². The highest BCUT2D eigenvalue weighted by Gasteiger charge is 2.14. The minimum atomic E-state index is -0.365. The van der Waals surface area contributed by atoms with Gasteiger partial charge in [-0.1, -0.05) is 47.5 Å². The second-order valence-corrected chi connectivity index (χ2v) is 8.72. The van der Waals surface area contributed by atoms with Crippen molar-refractivity contribution in [1.82, 2.24) is 19.6 Å². The van der Waals surface area contributed by atoms with Crippen molar-refractivity contribution >= 4 is 40.4 Å². The second kappa shape index (κ2) is 9.72. The summed E-state index contributed by atoms with van der Waals surface area (Å²) in [4.78, 5) is 0. The molecule has 4 aromatic rings. The molecule has 0 unspecified atom stereocenters. The Hall–Kier alpha value is -3.23. The molecular weight excluding hydrogens is 459 g/mol. The smallest absolute Gasteiger partial charge is 0.176 e. The van der Waals surface area contributed by atoms with Gasteiger partial charge in [0.25, 0.3) is 0 Å². The fourth-order valence-corrected chi connectivity index (χ4v) is 3.93. The molecule has 4 rings (SSSR count). The Kier molecular flexibility index (Phi) is 6.76. The first-order valence-corrected chi connectivity index (χ1v) is 11.2. The lowest BCUT2D eigenvalue weighted by Crippen LogP contribution is -2.20. The maximum Gasteiger partial charge on any atom is 0.176 e. The third-order valence-corrected chi connectivity index (χ3v) is 5.86. The molecule has 2 heterocycles. The van der Waals surface area contributed by atoms with Gasteiger partial charge in [-0.2, -0.15) is 10.2 Å². The molecule has 0 amide bonds. The lowest BCUT2D eigenvalue weighted by Gasteiger charge is -2.10. The summed E-state index contributed by atoms with van der Waals surface area (Å²) >= 11 is 11.6. The van der Waals surface area contributed by atoms with E-state index in [9.17, 15) is 4.39 Å².